The number of aromatic nitrogens is 1. The van der Waals surface area contributed by atoms with Gasteiger partial charge in [-0.05, 0) is 49.2 Å². The number of benzene rings is 1. The zero-order chi connectivity index (χ0) is 17.6. The molecule has 1 aliphatic rings. The normalized spacial score (nSPS) is 14.5. The molecule has 0 radical (unpaired) electrons. The first kappa shape index (κ1) is 17.3. The number of rotatable bonds is 5. The molecule has 1 aromatic heterocycles. The Bertz CT molecular complexity index is 689. The monoisotopic (exact) mass is 338 g/mol. The lowest BCUT2D eigenvalue weighted by Gasteiger charge is -2.35. The number of piperazine rings is 1. The second kappa shape index (κ2) is 8.01. The van der Waals surface area contributed by atoms with Crippen molar-refractivity contribution < 1.29 is 4.79 Å². The van der Waals surface area contributed by atoms with Crippen LogP contribution in [0.5, 0.6) is 0 Å². The third-order valence-electron chi connectivity index (χ3n) is 4.50. The Morgan fingerprint density at radius 1 is 1.08 bits per heavy atom. The van der Waals surface area contributed by atoms with Gasteiger partial charge in [-0.2, -0.15) is 0 Å². The molecule has 3 rings (SSSR count). The molecule has 2 aromatic rings. The predicted octanol–water partition coefficient (Wildman–Crippen LogP) is 2.85. The number of aryl methyl sites for hydroxylation is 2. The topological polar surface area (TPSA) is 48.5 Å². The molecule has 0 unspecified atom stereocenters. The van der Waals surface area contributed by atoms with E-state index < -0.39 is 0 Å². The first-order valence-electron chi connectivity index (χ1n) is 8.88. The van der Waals surface area contributed by atoms with Gasteiger partial charge >= 0.3 is 0 Å². The minimum absolute atomic E-state index is 0.220. The van der Waals surface area contributed by atoms with Gasteiger partial charge in [0.15, 0.2) is 0 Å². The summed E-state index contributed by atoms with van der Waals surface area (Å²) in [5, 5.41) is 3.36. The number of nitrogens with zero attached hydrogens (tertiary/aromatic N) is 3. The van der Waals surface area contributed by atoms with E-state index in [1.807, 2.05) is 29.3 Å². The second-order valence-corrected chi connectivity index (χ2v) is 6.61. The van der Waals surface area contributed by atoms with Crippen molar-refractivity contribution in [3.05, 3.63) is 53.7 Å². The van der Waals surface area contributed by atoms with Crippen LogP contribution in [0.4, 0.5) is 11.5 Å². The molecule has 1 N–H and O–H groups in total. The molecule has 0 aliphatic carbocycles. The summed E-state index contributed by atoms with van der Waals surface area (Å²) < 4.78 is 0. The lowest BCUT2D eigenvalue weighted by atomic mass is 10.1. The average Bonchev–Trinajstić information content (AvgIpc) is 2.62. The minimum Gasteiger partial charge on any atom is -0.385 e. The van der Waals surface area contributed by atoms with E-state index in [1.54, 1.807) is 0 Å². The molecule has 1 aliphatic heterocycles. The van der Waals surface area contributed by atoms with Crippen LogP contribution in [0, 0.1) is 13.8 Å². The van der Waals surface area contributed by atoms with E-state index in [2.05, 4.69) is 47.2 Å². The highest BCUT2D eigenvalue weighted by Crippen LogP contribution is 2.15. The van der Waals surface area contributed by atoms with Crippen molar-refractivity contribution in [3.63, 3.8) is 0 Å². The van der Waals surface area contributed by atoms with Gasteiger partial charge in [0, 0.05) is 51.0 Å². The Kier molecular flexibility index (Phi) is 5.53. The van der Waals surface area contributed by atoms with E-state index in [0.717, 1.165) is 37.7 Å². The molecule has 5 heteroatoms. The molecule has 132 valence electrons. The fourth-order valence-corrected chi connectivity index (χ4v) is 3.27. The maximum Gasteiger partial charge on any atom is 0.224 e. The third kappa shape index (κ3) is 4.72. The summed E-state index contributed by atoms with van der Waals surface area (Å²) >= 11 is 0. The van der Waals surface area contributed by atoms with E-state index in [9.17, 15) is 4.79 Å². The molecular weight excluding hydrogens is 312 g/mol. The summed E-state index contributed by atoms with van der Waals surface area (Å²) in [6.07, 6.45) is 2.34. The van der Waals surface area contributed by atoms with E-state index in [0.29, 0.717) is 13.0 Å². The van der Waals surface area contributed by atoms with Crippen molar-refractivity contribution in [1.82, 2.24) is 9.88 Å². The van der Waals surface area contributed by atoms with Gasteiger partial charge in [0.1, 0.15) is 5.82 Å². The van der Waals surface area contributed by atoms with Crippen molar-refractivity contribution in [3.8, 4) is 0 Å². The molecule has 1 aromatic carbocycles. The first-order valence-corrected chi connectivity index (χ1v) is 8.88. The van der Waals surface area contributed by atoms with Crippen LogP contribution < -0.4 is 10.2 Å². The van der Waals surface area contributed by atoms with Crippen LogP contribution in [0.25, 0.3) is 0 Å². The molecule has 5 nitrogen and oxygen atoms in total. The third-order valence-corrected chi connectivity index (χ3v) is 4.50. The number of hydrogen-bond acceptors (Lipinski definition) is 4. The molecule has 2 heterocycles. The van der Waals surface area contributed by atoms with Crippen LogP contribution in [0.15, 0.2) is 42.6 Å². The fraction of sp³-hybridized carbons (Fsp3) is 0.400. The van der Waals surface area contributed by atoms with E-state index in [4.69, 9.17) is 0 Å². The zero-order valence-electron chi connectivity index (χ0n) is 15.0. The summed E-state index contributed by atoms with van der Waals surface area (Å²) in [5.74, 6) is 1.21. The number of anilines is 2. The van der Waals surface area contributed by atoms with Crippen LogP contribution in [-0.4, -0.2) is 48.5 Å². The van der Waals surface area contributed by atoms with E-state index >= 15 is 0 Å². The summed E-state index contributed by atoms with van der Waals surface area (Å²) in [4.78, 5) is 21.0. The SMILES string of the molecule is Cc1cc(C)cc(NCCC(=O)N2CCN(c3ccccn3)CC2)c1. The first-order chi connectivity index (χ1) is 12.1. The molecule has 1 amide bonds. The number of carbonyl (C=O) groups excluding carboxylic acids is 1. The Morgan fingerprint density at radius 3 is 2.44 bits per heavy atom. The second-order valence-electron chi connectivity index (χ2n) is 6.61. The summed E-state index contributed by atoms with van der Waals surface area (Å²) in [5.41, 5.74) is 3.56. The van der Waals surface area contributed by atoms with Crippen molar-refractivity contribution in [2.24, 2.45) is 0 Å². The molecule has 1 saturated heterocycles. The van der Waals surface area contributed by atoms with Crippen LogP contribution in [0.2, 0.25) is 0 Å². The molecule has 0 bridgehead atoms. The minimum atomic E-state index is 0.220. The molecular formula is C20H26N4O. The van der Waals surface area contributed by atoms with Gasteiger partial charge in [0.2, 0.25) is 5.91 Å². The van der Waals surface area contributed by atoms with Crippen molar-refractivity contribution in [1.29, 1.82) is 0 Å². The van der Waals surface area contributed by atoms with Gasteiger partial charge in [-0.1, -0.05) is 12.1 Å². The predicted molar refractivity (Wildman–Crippen MR) is 102 cm³/mol. The Labute approximate surface area is 149 Å². The fourth-order valence-electron chi connectivity index (χ4n) is 3.27. The maximum atomic E-state index is 12.4. The van der Waals surface area contributed by atoms with Crippen LogP contribution in [-0.2, 0) is 4.79 Å². The van der Waals surface area contributed by atoms with Gasteiger partial charge in [0.25, 0.3) is 0 Å². The number of amides is 1. The summed E-state index contributed by atoms with van der Waals surface area (Å²) in [6.45, 7) is 8.05. The van der Waals surface area contributed by atoms with Crippen LogP contribution in [0.3, 0.4) is 0 Å². The standard InChI is InChI=1S/C20H26N4O/c1-16-13-17(2)15-18(14-16)21-8-6-20(25)24-11-9-23(10-12-24)19-5-3-4-7-22-19/h3-5,7,13-15,21H,6,8-12H2,1-2H3. The average molecular weight is 338 g/mol. The van der Waals surface area contributed by atoms with E-state index in [-0.39, 0.29) is 5.91 Å². The number of pyridine rings is 1. The summed E-state index contributed by atoms with van der Waals surface area (Å²) in [7, 11) is 0. The Hall–Kier alpha value is -2.56. The molecule has 0 atom stereocenters. The lowest BCUT2D eigenvalue weighted by Crippen LogP contribution is -2.49. The van der Waals surface area contributed by atoms with Crippen molar-refractivity contribution in [2.45, 2.75) is 20.3 Å². The largest absolute Gasteiger partial charge is 0.385 e. The molecule has 0 saturated carbocycles. The quantitative estimate of drug-likeness (QED) is 0.911. The molecule has 0 spiro atoms. The highest BCUT2D eigenvalue weighted by molar-refractivity contribution is 5.77. The smallest absolute Gasteiger partial charge is 0.224 e. The van der Waals surface area contributed by atoms with Gasteiger partial charge in [0.05, 0.1) is 0 Å². The van der Waals surface area contributed by atoms with Gasteiger partial charge < -0.3 is 15.1 Å². The van der Waals surface area contributed by atoms with Gasteiger partial charge in [-0.25, -0.2) is 4.98 Å². The van der Waals surface area contributed by atoms with E-state index in [1.165, 1.54) is 11.1 Å². The van der Waals surface area contributed by atoms with Gasteiger partial charge in [-0.15, -0.1) is 0 Å². The number of nitrogens with one attached hydrogen (secondary N) is 1. The van der Waals surface area contributed by atoms with Crippen LogP contribution in [0.1, 0.15) is 17.5 Å². The van der Waals surface area contributed by atoms with Gasteiger partial charge in [-0.3, -0.25) is 4.79 Å². The number of carbonyl (C=O) groups is 1. The summed E-state index contributed by atoms with van der Waals surface area (Å²) in [6, 6.07) is 12.3. The molecule has 1 fully saturated rings. The maximum absolute atomic E-state index is 12.4. The lowest BCUT2D eigenvalue weighted by molar-refractivity contribution is -0.131. The highest BCUT2D eigenvalue weighted by Gasteiger charge is 2.21. The van der Waals surface area contributed by atoms with Crippen LogP contribution >= 0.6 is 0 Å². The Morgan fingerprint density at radius 2 is 1.80 bits per heavy atom. The highest BCUT2D eigenvalue weighted by atomic mass is 16.2. The zero-order valence-corrected chi connectivity index (χ0v) is 15.0. The van der Waals surface area contributed by atoms with Crippen molar-refractivity contribution in [2.75, 3.05) is 42.9 Å². The number of hydrogen-bond donors (Lipinski definition) is 1. The Balaban J connectivity index is 1.43. The van der Waals surface area contributed by atoms with Crippen molar-refractivity contribution >= 4 is 17.4 Å². The molecule has 25 heavy (non-hydrogen) atoms.